The molecule has 2 aliphatic rings. The van der Waals surface area contributed by atoms with Gasteiger partial charge < -0.3 is 19.3 Å². The van der Waals surface area contributed by atoms with Gasteiger partial charge in [-0.05, 0) is 38.3 Å². The Kier molecular flexibility index (Phi) is 7.88. The third kappa shape index (κ3) is 5.13. The molecule has 1 N–H and O–H groups in total. The summed E-state index contributed by atoms with van der Waals surface area (Å²) in [6, 6.07) is 0. The lowest BCUT2D eigenvalue weighted by molar-refractivity contribution is -0.166. The number of aliphatic hydroxyl groups is 1. The molecule has 0 aromatic rings. The van der Waals surface area contributed by atoms with Crippen LogP contribution in [-0.2, 0) is 33.4 Å². The average molecular weight is 418 g/mol. The molecule has 2 rings (SSSR count). The Hall–Kier alpha value is -3.00. The van der Waals surface area contributed by atoms with Gasteiger partial charge in [0, 0.05) is 23.6 Å². The molecule has 4 atom stereocenters. The van der Waals surface area contributed by atoms with Crippen LogP contribution in [0.15, 0.2) is 47.1 Å². The fourth-order valence-electron chi connectivity index (χ4n) is 3.39. The van der Waals surface area contributed by atoms with Crippen molar-refractivity contribution in [2.45, 2.75) is 51.9 Å². The van der Waals surface area contributed by atoms with E-state index in [1.165, 1.54) is 6.92 Å². The summed E-state index contributed by atoms with van der Waals surface area (Å²) in [6.07, 6.45) is 2.59. The predicted octanol–water partition coefficient (Wildman–Crippen LogP) is 1.73. The Morgan fingerprint density at radius 3 is 2.60 bits per heavy atom. The Morgan fingerprint density at radius 1 is 1.33 bits per heavy atom. The fourth-order valence-corrected chi connectivity index (χ4v) is 3.39. The number of fused-ring (bicyclic) bond motifs is 1. The van der Waals surface area contributed by atoms with E-state index in [1.54, 1.807) is 32.1 Å². The van der Waals surface area contributed by atoms with E-state index in [4.69, 9.17) is 14.2 Å². The number of carbonyl (C=O) groups excluding carboxylic acids is 4. The van der Waals surface area contributed by atoms with Crippen LogP contribution in [0.5, 0.6) is 0 Å². The molecule has 1 saturated heterocycles. The van der Waals surface area contributed by atoms with Crippen LogP contribution in [-0.4, -0.2) is 54.2 Å². The molecule has 0 spiro atoms. The maximum Gasteiger partial charge on any atom is 0.334 e. The van der Waals surface area contributed by atoms with Gasteiger partial charge in [-0.1, -0.05) is 18.7 Å². The number of carbonyl (C=O) groups is 4. The Bertz CT molecular complexity index is 832. The number of ether oxygens (including phenoxy) is 3. The number of esters is 3. The molecule has 162 valence electrons. The summed E-state index contributed by atoms with van der Waals surface area (Å²) in [7, 11) is 0. The van der Waals surface area contributed by atoms with Crippen molar-refractivity contribution in [3.8, 4) is 0 Å². The number of aliphatic hydroxyl groups excluding tert-OH is 1. The van der Waals surface area contributed by atoms with Crippen molar-refractivity contribution in [3.05, 3.63) is 47.1 Å². The smallest absolute Gasteiger partial charge is 0.334 e. The van der Waals surface area contributed by atoms with E-state index in [0.717, 1.165) is 0 Å². The Balaban J connectivity index is 2.66. The SMILES string of the molecule is C=C1C(=O)O[C@@H]2/C=C(\CO)CCC=C(C=O)[C@H](OC(C)=O)[C@@H](OC(=O)/C(C)=C/C)[C@@H]12. The predicted molar refractivity (Wildman–Crippen MR) is 106 cm³/mol. The molecule has 8 nitrogen and oxygen atoms in total. The zero-order valence-electron chi connectivity index (χ0n) is 17.3. The Morgan fingerprint density at radius 2 is 2.03 bits per heavy atom. The quantitative estimate of drug-likeness (QED) is 0.236. The normalized spacial score (nSPS) is 29.0. The zero-order valence-corrected chi connectivity index (χ0v) is 17.3. The fraction of sp³-hybridized carbons (Fsp3) is 0.455. The van der Waals surface area contributed by atoms with Gasteiger partial charge in [0.1, 0.15) is 12.4 Å². The highest BCUT2D eigenvalue weighted by molar-refractivity contribution is 5.92. The zero-order chi connectivity index (χ0) is 22.4. The molecule has 0 saturated carbocycles. The van der Waals surface area contributed by atoms with Gasteiger partial charge in [-0.3, -0.25) is 9.59 Å². The highest BCUT2D eigenvalue weighted by Gasteiger charge is 2.49. The van der Waals surface area contributed by atoms with Gasteiger partial charge in [0.05, 0.1) is 12.5 Å². The summed E-state index contributed by atoms with van der Waals surface area (Å²) in [4.78, 5) is 48.5. The van der Waals surface area contributed by atoms with Crippen LogP contribution < -0.4 is 0 Å². The summed E-state index contributed by atoms with van der Waals surface area (Å²) in [5, 5.41) is 9.65. The summed E-state index contributed by atoms with van der Waals surface area (Å²) in [5.74, 6) is -3.00. The molecule has 1 aliphatic heterocycles. The average Bonchev–Trinajstić information content (AvgIpc) is 2.99. The first-order valence-electron chi connectivity index (χ1n) is 9.60. The standard InChI is InChI=1S/C22H26O8/c1-5-12(2)21(26)30-20-18-13(3)22(27)29-17(18)9-15(10-23)7-6-8-16(11-24)19(20)28-14(4)25/h5,8-9,11,17-20,23H,3,6-7,10H2,1-2,4H3/b12-5+,15-9-,16-8?/t17-,18+,19+,20+/m1/s1. The first-order valence-corrected chi connectivity index (χ1v) is 9.60. The van der Waals surface area contributed by atoms with E-state index in [9.17, 15) is 24.3 Å². The number of allylic oxidation sites excluding steroid dienone is 2. The summed E-state index contributed by atoms with van der Waals surface area (Å²) < 4.78 is 16.4. The molecule has 0 aromatic carbocycles. The van der Waals surface area contributed by atoms with E-state index < -0.39 is 42.1 Å². The van der Waals surface area contributed by atoms with Gasteiger partial charge in [0.25, 0.3) is 0 Å². The molecule has 1 fully saturated rings. The molecular formula is C22H26O8. The van der Waals surface area contributed by atoms with E-state index in [-0.39, 0.29) is 17.8 Å². The largest absolute Gasteiger partial charge is 0.454 e. The van der Waals surface area contributed by atoms with Gasteiger partial charge in [-0.25, -0.2) is 9.59 Å². The maximum atomic E-state index is 12.6. The van der Waals surface area contributed by atoms with Crippen molar-refractivity contribution in [2.24, 2.45) is 5.92 Å². The second-order valence-corrected chi connectivity index (χ2v) is 7.14. The maximum absolute atomic E-state index is 12.6. The van der Waals surface area contributed by atoms with Crippen LogP contribution in [0, 0.1) is 5.92 Å². The first kappa shape index (κ1) is 23.3. The number of aldehydes is 1. The molecule has 0 unspecified atom stereocenters. The van der Waals surface area contributed by atoms with Crippen LogP contribution >= 0.6 is 0 Å². The minimum atomic E-state index is -1.25. The Labute approximate surface area is 174 Å². The highest BCUT2D eigenvalue weighted by atomic mass is 16.6. The molecular weight excluding hydrogens is 392 g/mol. The van der Waals surface area contributed by atoms with Crippen molar-refractivity contribution in [1.82, 2.24) is 0 Å². The lowest BCUT2D eigenvalue weighted by Crippen LogP contribution is -2.45. The minimum absolute atomic E-state index is 0.0208. The summed E-state index contributed by atoms with van der Waals surface area (Å²) >= 11 is 0. The lowest BCUT2D eigenvalue weighted by Gasteiger charge is -2.33. The second-order valence-electron chi connectivity index (χ2n) is 7.14. The van der Waals surface area contributed by atoms with Crippen molar-refractivity contribution in [2.75, 3.05) is 6.61 Å². The van der Waals surface area contributed by atoms with Gasteiger partial charge in [-0.15, -0.1) is 0 Å². The van der Waals surface area contributed by atoms with Crippen molar-refractivity contribution >= 4 is 24.2 Å². The van der Waals surface area contributed by atoms with Gasteiger partial charge >= 0.3 is 17.9 Å². The van der Waals surface area contributed by atoms with Crippen molar-refractivity contribution in [1.29, 1.82) is 0 Å². The van der Waals surface area contributed by atoms with Crippen LogP contribution in [0.1, 0.15) is 33.6 Å². The van der Waals surface area contributed by atoms with Gasteiger partial charge in [0.15, 0.2) is 12.2 Å². The van der Waals surface area contributed by atoms with Gasteiger partial charge in [0.2, 0.25) is 0 Å². The van der Waals surface area contributed by atoms with E-state index in [2.05, 4.69) is 6.58 Å². The van der Waals surface area contributed by atoms with E-state index in [0.29, 0.717) is 30.3 Å². The van der Waals surface area contributed by atoms with Gasteiger partial charge in [-0.2, -0.15) is 0 Å². The third-order valence-electron chi connectivity index (χ3n) is 5.12. The second kappa shape index (κ2) is 10.2. The monoisotopic (exact) mass is 418 g/mol. The van der Waals surface area contributed by atoms with E-state index >= 15 is 0 Å². The molecule has 8 heteroatoms. The lowest BCUT2D eigenvalue weighted by atomic mass is 9.83. The molecule has 0 amide bonds. The summed E-state index contributed by atoms with van der Waals surface area (Å²) in [6.45, 7) is 7.87. The topological polar surface area (TPSA) is 116 Å². The third-order valence-corrected chi connectivity index (χ3v) is 5.12. The molecule has 1 aliphatic carbocycles. The number of hydrogen-bond donors (Lipinski definition) is 1. The molecule has 1 heterocycles. The molecule has 0 aromatic heterocycles. The minimum Gasteiger partial charge on any atom is -0.454 e. The van der Waals surface area contributed by atoms with Crippen LogP contribution in [0.2, 0.25) is 0 Å². The van der Waals surface area contributed by atoms with Crippen LogP contribution in [0.25, 0.3) is 0 Å². The molecule has 30 heavy (non-hydrogen) atoms. The summed E-state index contributed by atoms with van der Waals surface area (Å²) in [5.41, 5.74) is 0.998. The van der Waals surface area contributed by atoms with Crippen molar-refractivity contribution < 1.29 is 38.5 Å². The molecule has 0 bridgehead atoms. The van der Waals surface area contributed by atoms with E-state index in [1.807, 2.05) is 0 Å². The van der Waals surface area contributed by atoms with Crippen LogP contribution in [0.4, 0.5) is 0 Å². The number of hydrogen-bond acceptors (Lipinski definition) is 8. The first-order chi connectivity index (χ1) is 14.2. The van der Waals surface area contributed by atoms with Crippen LogP contribution in [0.3, 0.4) is 0 Å². The highest BCUT2D eigenvalue weighted by Crippen LogP contribution is 2.37. The number of rotatable bonds is 5. The van der Waals surface area contributed by atoms with Crippen molar-refractivity contribution in [3.63, 3.8) is 0 Å². The molecule has 0 radical (unpaired) electrons.